The van der Waals surface area contributed by atoms with Gasteiger partial charge in [0, 0.05) is 38.2 Å². The highest BCUT2D eigenvalue weighted by Crippen LogP contribution is 2.34. The van der Waals surface area contributed by atoms with Crippen molar-refractivity contribution in [3.05, 3.63) is 41.2 Å². The van der Waals surface area contributed by atoms with E-state index < -0.39 is 35.3 Å². The maximum Gasteiger partial charge on any atom is 0.264 e. The van der Waals surface area contributed by atoms with Gasteiger partial charge >= 0.3 is 0 Å². The van der Waals surface area contributed by atoms with Crippen molar-refractivity contribution in [2.45, 2.75) is 122 Å². The number of benzene rings is 1. The summed E-state index contributed by atoms with van der Waals surface area (Å²) in [5.41, 5.74) is 7.72. The number of carbonyl (C=O) groups excluding carboxylic acids is 5. The number of nitrogens with zero attached hydrogens (tertiary/aromatic N) is 6. The maximum absolute atomic E-state index is 13.3. The number of carbonyl (C=O) groups is 5. The lowest BCUT2D eigenvalue weighted by atomic mass is 10.0. The highest BCUT2D eigenvalue weighted by molar-refractivity contribution is 6.25. The van der Waals surface area contributed by atoms with Gasteiger partial charge in [0.2, 0.25) is 17.7 Å². The number of fused-ring (bicyclic) bond motifs is 2. The normalized spacial score (nSPS) is 15.1. The van der Waals surface area contributed by atoms with E-state index in [2.05, 4.69) is 43.1 Å². The van der Waals surface area contributed by atoms with Gasteiger partial charge < -0.3 is 30.8 Å². The van der Waals surface area contributed by atoms with E-state index in [1.165, 1.54) is 0 Å². The Bertz CT molecular complexity index is 2320. The Morgan fingerprint density at radius 2 is 1.75 bits per heavy atom. The zero-order valence-corrected chi connectivity index (χ0v) is 35.0. The number of hydrogen-bond donors (Lipinski definition) is 5. The molecule has 18 nitrogen and oxygen atoms in total. The summed E-state index contributed by atoms with van der Waals surface area (Å²) in [7, 11) is 0. The van der Waals surface area contributed by atoms with Crippen LogP contribution >= 0.6 is 0 Å². The SMILES string of the molecule is CCn1c(-c2nonc2N)nc2c(C#CC(C)(C)O)ncc(OCCCCCCCC(=O)NCCCCCCCNc3cccc4c3C(=O)N(C3CCC(=O)NC3=O)C4=O)c21. The lowest BCUT2D eigenvalue weighted by molar-refractivity contribution is -0.136. The van der Waals surface area contributed by atoms with Gasteiger partial charge in [0.05, 0.1) is 23.9 Å². The first-order valence-electron chi connectivity index (χ1n) is 21.1. The van der Waals surface area contributed by atoms with Crippen molar-refractivity contribution < 1.29 is 38.4 Å². The molecule has 0 spiro atoms. The minimum Gasteiger partial charge on any atom is -0.490 e. The molecule has 0 aliphatic carbocycles. The third kappa shape index (κ3) is 10.9. The number of imidazole rings is 1. The maximum atomic E-state index is 13.3. The van der Waals surface area contributed by atoms with E-state index in [1.54, 1.807) is 38.2 Å². The molecule has 4 aromatic rings. The smallest absolute Gasteiger partial charge is 0.264 e. The summed E-state index contributed by atoms with van der Waals surface area (Å²) in [5.74, 6) is 4.81. The fraction of sp³-hybridized carbons (Fsp3) is 0.512. The molecule has 2 aliphatic rings. The lowest BCUT2D eigenvalue weighted by Crippen LogP contribution is -2.54. The second-order valence-electron chi connectivity index (χ2n) is 15.7. The van der Waals surface area contributed by atoms with Crippen molar-refractivity contribution in [1.29, 1.82) is 0 Å². The fourth-order valence-electron chi connectivity index (χ4n) is 7.44. The number of nitrogens with two attached hydrogens (primary N) is 1. The molecule has 6 N–H and O–H groups in total. The fourth-order valence-corrected chi connectivity index (χ4v) is 7.44. The highest BCUT2D eigenvalue weighted by atomic mass is 16.6. The second kappa shape index (κ2) is 20.3. The van der Waals surface area contributed by atoms with Crippen molar-refractivity contribution in [1.82, 2.24) is 40.4 Å². The quantitative estimate of drug-likeness (QED) is 0.0440. The Balaban J connectivity index is 0.830. The van der Waals surface area contributed by atoms with Gasteiger partial charge in [-0.05, 0) is 81.2 Å². The Morgan fingerprint density at radius 3 is 2.48 bits per heavy atom. The topological polar surface area (TPSA) is 250 Å². The van der Waals surface area contributed by atoms with Crippen molar-refractivity contribution in [3.63, 3.8) is 0 Å². The van der Waals surface area contributed by atoms with E-state index in [0.29, 0.717) is 72.3 Å². The van der Waals surface area contributed by atoms with Crippen molar-refractivity contribution in [3.8, 4) is 29.1 Å². The average Bonchev–Trinajstić information content (AvgIpc) is 3.90. The van der Waals surface area contributed by atoms with E-state index >= 15 is 0 Å². The molecule has 61 heavy (non-hydrogen) atoms. The molecule has 0 saturated carbocycles. The van der Waals surface area contributed by atoms with Gasteiger partial charge in [-0.15, -0.1) is 0 Å². The van der Waals surface area contributed by atoms with Gasteiger partial charge in [0.15, 0.2) is 23.1 Å². The summed E-state index contributed by atoms with van der Waals surface area (Å²) < 4.78 is 12.9. The number of aromatic nitrogens is 5. The summed E-state index contributed by atoms with van der Waals surface area (Å²) in [4.78, 5) is 72.9. The van der Waals surface area contributed by atoms with Crippen LogP contribution in [0.5, 0.6) is 5.75 Å². The number of amides is 5. The summed E-state index contributed by atoms with van der Waals surface area (Å²) >= 11 is 0. The number of piperidine rings is 1. The number of hydrogen-bond acceptors (Lipinski definition) is 14. The summed E-state index contributed by atoms with van der Waals surface area (Å²) in [6, 6.07) is 4.05. The van der Waals surface area contributed by atoms with Gasteiger partial charge in [0.1, 0.15) is 28.4 Å². The van der Waals surface area contributed by atoms with Crippen LogP contribution in [0.2, 0.25) is 0 Å². The van der Waals surface area contributed by atoms with E-state index in [4.69, 9.17) is 20.1 Å². The molecule has 1 aromatic carbocycles. The molecule has 5 heterocycles. The average molecular weight is 839 g/mol. The Labute approximate surface area is 353 Å². The van der Waals surface area contributed by atoms with Crippen LogP contribution in [0.3, 0.4) is 0 Å². The van der Waals surface area contributed by atoms with E-state index in [0.717, 1.165) is 69.1 Å². The molecular weight excluding hydrogens is 785 g/mol. The van der Waals surface area contributed by atoms with E-state index in [-0.39, 0.29) is 35.7 Å². The first kappa shape index (κ1) is 44.2. The number of anilines is 2. The number of aliphatic hydroxyl groups is 1. The molecule has 1 unspecified atom stereocenters. The van der Waals surface area contributed by atoms with Gasteiger partial charge in [-0.3, -0.25) is 34.2 Å². The Hall–Kier alpha value is -6.35. The third-order valence-corrected chi connectivity index (χ3v) is 10.5. The zero-order valence-electron chi connectivity index (χ0n) is 35.0. The minimum absolute atomic E-state index is 0.0643. The molecular formula is C43H54N10O8. The number of rotatable bonds is 21. The first-order valence-corrected chi connectivity index (χ1v) is 21.1. The summed E-state index contributed by atoms with van der Waals surface area (Å²) in [6.45, 7) is 7.39. The largest absolute Gasteiger partial charge is 0.490 e. The van der Waals surface area contributed by atoms with Crippen LogP contribution in [0.25, 0.3) is 22.6 Å². The zero-order chi connectivity index (χ0) is 43.5. The number of ether oxygens (including phenoxy) is 1. The summed E-state index contributed by atoms with van der Waals surface area (Å²) in [5, 5.41) is 26.3. The predicted octanol–water partition coefficient (Wildman–Crippen LogP) is 4.51. The van der Waals surface area contributed by atoms with Crippen molar-refractivity contribution in [2.24, 2.45) is 0 Å². The molecule has 3 aromatic heterocycles. The number of nitrogens with one attached hydrogen (secondary N) is 3. The molecule has 2 aliphatic heterocycles. The summed E-state index contributed by atoms with van der Waals surface area (Å²) in [6.07, 6.45) is 11.5. The first-order chi connectivity index (χ1) is 29.4. The monoisotopic (exact) mass is 838 g/mol. The number of nitrogen functional groups attached to an aromatic ring is 1. The van der Waals surface area contributed by atoms with Gasteiger partial charge in [-0.25, -0.2) is 14.6 Å². The number of imide groups is 2. The van der Waals surface area contributed by atoms with Gasteiger partial charge in [-0.2, -0.15) is 0 Å². The molecule has 1 saturated heterocycles. The number of unbranched alkanes of at least 4 members (excludes halogenated alkanes) is 8. The minimum atomic E-state index is -1.22. The van der Waals surface area contributed by atoms with Crippen LogP contribution in [-0.4, -0.2) is 95.7 Å². The van der Waals surface area contributed by atoms with Gasteiger partial charge in [0.25, 0.3) is 11.8 Å². The molecule has 0 radical (unpaired) electrons. The van der Waals surface area contributed by atoms with Crippen LogP contribution in [0, 0.1) is 11.8 Å². The standard InChI is InChI=1S/C43H54N10O8/c1-4-52-37-31(26-47-29(21-22-43(2,3)59)35(37)49-39(52)36-38(44)51-61-50-36)60-25-14-10-5-7-11-18-32(54)46-24-13-9-6-8-12-23-45-28-17-15-16-27-34(28)42(58)53(41(27)57)30-19-20-33(55)48-40(30)56/h15-17,26,30,45,59H,4-14,18-20,23-25H2,1-3H3,(H2,44,51)(H,46,54)(H,48,55,56). The highest BCUT2D eigenvalue weighted by Gasteiger charge is 2.45. The number of aryl methyl sites for hydroxylation is 1. The van der Waals surface area contributed by atoms with E-state index in [1.807, 2.05) is 11.5 Å². The van der Waals surface area contributed by atoms with Crippen molar-refractivity contribution >= 4 is 52.1 Å². The van der Waals surface area contributed by atoms with Crippen LogP contribution in [-0.2, 0) is 20.9 Å². The second-order valence-corrected chi connectivity index (χ2v) is 15.7. The van der Waals surface area contributed by atoms with E-state index in [9.17, 15) is 29.1 Å². The number of pyridine rings is 1. The van der Waals surface area contributed by atoms with Crippen LogP contribution in [0.4, 0.5) is 11.5 Å². The van der Waals surface area contributed by atoms with Gasteiger partial charge in [-0.1, -0.05) is 50.5 Å². The molecule has 0 bridgehead atoms. The van der Waals surface area contributed by atoms with Crippen molar-refractivity contribution in [2.75, 3.05) is 30.7 Å². The predicted molar refractivity (Wildman–Crippen MR) is 225 cm³/mol. The third-order valence-electron chi connectivity index (χ3n) is 10.5. The molecule has 5 amide bonds. The molecule has 1 atom stereocenters. The molecule has 324 valence electrons. The molecule has 1 fully saturated rings. The Morgan fingerprint density at radius 1 is 1.02 bits per heavy atom. The van der Waals surface area contributed by atoms with Crippen LogP contribution in [0.15, 0.2) is 29.0 Å². The lowest BCUT2D eigenvalue weighted by Gasteiger charge is -2.27. The molecule has 6 rings (SSSR count). The van der Waals surface area contributed by atoms with Crippen LogP contribution < -0.4 is 26.4 Å². The molecule has 18 heteroatoms. The Kier molecular flexibility index (Phi) is 14.7. The van der Waals surface area contributed by atoms with Crippen LogP contribution in [0.1, 0.15) is 131 Å².